The Kier molecular flexibility index (Phi) is 4.04. The molecule has 0 amide bonds. The quantitative estimate of drug-likeness (QED) is 0.879. The van der Waals surface area contributed by atoms with Crippen LogP contribution in [0.25, 0.3) is 11.3 Å². The molecule has 2 N–H and O–H groups in total. The van der Waals surface area contributed by atoms with Gasteiger partial charge < -0.3 is 10.2 Å². The summed E-state index contributed by atoms with van der Waals surface area (Å²) in [6, 6.07) is 5.44. The molecule has 1 aromatic heterocycles. The Morgan fingerprint density at radius 2 is 1.95 bits per heavy atom. The highest BCUT2D eigenvalue weighted by Gasteiger charge is 2.22. The molecule has 21 heavy (non-hydrogen) atoms. The molecule has 1 aromatic carbocycles. The highest BCUT2D eigenvalue weighted by molar-refractivity contribution is 5.92. The van der Waals surface area contributed by atoms with E-state index in [-0.39, 0.29) is 5.69 Å². The van der Waals surface area contributed by atoms with E-state index in [4.69, 9.17) is 0 Å². The third-order valence-corrected chi connectivity index (χ3v) is 2.99. The van der Waals surface area contributed by atoms with Crippen LogP contribution in [0.3, 0.4) is 0 Å². The molecule has 0 bridgehead atoms. The molecule has 0 spiro atoms. The van der Waals surface area contributed by atoms with Gasteiger partial charge in [0, 0.05) is 12.1 Å². The van der Waals surface area contributed by atoms with Crippen LogP contribution in [-0.2, 0) is 6.54 Å². The van der Waals surface area contributed by atoms with E-state index in [2.05, 4.69) is 10.3 Å². The lowest BCUT2D eigenvalue weighted by molar-refractivity contribution is 0.0650. The van der Waals surface area contributed by atoms with Crippen molar-refractivity contribution in [3.05, 3.63) is 35.8 Å². The molecule has 0 aliphatic carbocycles. The Balaban J connectivity index is 2.42. The summed E-state index contributed by atoms with van der Waals surface area (Å²) in [5.74, 6) is -1.62. The molecule has 6 nitrogen and oxygen atoms in total. The normalized spacial score (nSPS) is 11.6. The molecule has 112 valence electrons. The summed E-state index contributed by atoms with van der Waals surface area (Å²) < 4.78 is 14.4. The number of aryl methyl sites for hydroxylation is 1. The molecule has 1 heterocycles. The van der Waals surface area contributed by atoms with E-state index >= 15 is 0 Å². The summed E-state index contributed by atoms with van der Waals surface area (Å²) in [6.07, 6.45) is 0.379. The zero-order chi connectivity index (χ0) is 15.6. The number of carbonyl (C=O) groups is 1. The SMILES string of the molecule is CC(C)(O)CCn1nnc(C(=O)O)c1-c1ccc(F)cc1. The smallest absolute Gasteiger partial charge is 0.358 e. The predicted molar refractivity (Wildman–Crippen MR) is 73.3 cm³/mol. The van der Waals surface area contributed by atoms with Crippen LogP contribution in [0.15, 0.2) is 24.3 Å². The first-order chi connectivity index (χ1) is 9.78. The summed E-state index contributed by atoms with van der Waals surface area (Å²) in [5, 5.41) is 26.4. The zero-order valence-electron chi connectivity index (χ0n) is 11.7. The first-order valence-electron chi connectivity index (χ1n) is 6.43. The number of aromatic carboxylic acids is 1. The van der Waals surface area contributed by atoms with Crippen molar-refractivity contribution in [3.63, 3.8) is 0 Å². The van der Waals surface area contributed by atoms with Crippen LogP contribution in [0.2, 0.25) is 0 Å². The van der Waals surface area contributed by atoms with Gasteiger partial charge in [0.15, 0.2) is 5.69 Å². The maximum atomic E-state index is 13.0. The number of nitrogens with zero attached hydrogens (tertiary/aromatic N) is 3. The van der Waals surface area contributed by atoms with E-state index in [0.29, 0.717) is 24.2 Å². The summed E-state index contributed by atoms with van der Waals surface area (Å²) in [7, 11) is 0. The van der Waals surface area contributed by atoms with Crippen LogP contribution in [0.1, 0.15) is 30.8 Å². The first kappa shape index (κ1) is 15.1. The number of hydrogen-bond acceptors (Lipinski definition) is 4. The van der Waals surface area contributed by atoms with Gasteiger partial charge in [-0.3, -0.25) is 0 Å². The summed E-state index contributed by atoms with van der Waals surface area (Å²) in [6.45, 7) is 3.61. The van der Waals surface area contributed by atoms with Crippen LogP contribution >= 0.6 is 0 Å². The highest BCUT2D eigenvalue weighted by Crippen LogP contribution is 2.24. The lowest BCUT2D eigenvalue weighted by atomic mass is 10.1. The van der Waals surface area contributed by atoms with Gasteiger partial charge >= 0.3 is 5.97 Å². The van der Waals surface area contributed by atoms with Crippen LogP contribution in [0.4, 0.5) is 4.39 Å². The summed E-state index contributed by atoms with van der Waals surface area (Å²) in [5.41, 5.74) is -0.297. The van der Waals surface area contributed by atoms with Crippen LogP contribution in [-0.4, -0.2) is 36.8 Å². The van der Waals surface area contributed by atoms with E-state index in [1.807, 2.05) is 0 Å². The Morgan fingerprint density at radius 3 is 2.48 bits per heavy atom. The third-order valence-electron chi connectivity index (χ3n) is 2.99. The fourth-order valence-electron chi connectivity index (χ4n) is 1.89. The molecule has 2 rings (SSSR count). The fraction of sp³-hybridized carbons (Fsp3) is 0.357. The number of aliphatic hydroxyl groups is 1. The van der Waals surface area contributed by atoms with E-state index in [0.717, 1.165) is 0 Å². The zero-order valence-corrected chi connectivity index (χ0v) is 11.7. The molecule has 0 unspecified atom stereocenters. The Hall–Kier alpha value is -2.28. The van der Waals surface area contributed by atoms with Crippen molar-refractivity contribution >= 4 is 5.97 Å². The van der Waals surface area contributed by atoms with Crippen LogP contribution in [0, 0.1) is 5.82 Å². The standard InChI is InChI=1S/C14H16FN3O3/c1-14(2,21)7-8-18-12(11(13(19)20)16-17-18)9-3-5-10(15)6-4-9/h3-6,21H,7-8H2,1-2H3,(H,19,20). The maximum Gasteiger partial charge on any atom is 0.358 e. The van der Waals surface area contributed by atoms with Crippen LogP contribution < -0.4 is 0 Å². The van der Waals surface area contributed by atoms with Gasteiger partial charge in [0.05, 0.1) is 5.60 Å². The van der Waals surface area contributed by atoms with Crippen molar-refractivity contribution in [2.24, 2.45) is 0 Å². The molecule has 0 saturated carbocycles. The lowest BCUT2D eigenvalue weighted by Gasteiger charge is -2.17. The molecule has 0 radical (unpaired) electrons. The number of hydrogen-bond donors (Lipinski definition) is 2. The number of aromatic nitrogens is 3. The van der Waals surface area contributed by atoms with Crippen molar-refractivity contribution in [3.8, 4) is 11.3 Å². The van der Waals surface area contributed by atoms with Gasteiger partial charge in [-0.15, -0.1) is 5.10 Å². The fourth-order valence-corrected chi connectivity index (χ4v) is 1.89. The molecule has 7 heteroatoms. The minimum atomic E-state index is -1.20. The van der Waals surface area contributed by atoms with Gasteiger partial charge in [-0.25, -0.2) is 13.9 Å². The van der Waals surface area contributed by atoms with Gasteiger partial charge in [0.25, 0.3) is 0 Å². The van der Waals surface area contributed by atoms with Crippen molar-refractivity contribution in [2.45, 2.75) is 32.4 Å². The largest absolute Gasteiger partial charge is 0.476 e. The van der Waals surface area contributed by atoms with E-state index in [1.54, 1.807) is 13.8 Å². The molecular weight excluding hydrogens is 277 g/mol. The average molecular weight is 293 g/mol. The summed E-state index contributed by atoms with van der Waals surface area (Å²) >= 11 is 0. The molecule has 0 aliphatic rings. The van der Waals surface area contributed by atoms with Crippen LogP contribution in [0.5, 0.6) is 0 Å². The van der Waals surface area contributed by atoms with E-state index in [1.165, 1.54) is 28.9 Å². The third kappa shape index (κ3) is 3.63. The second-order valence-corrected chi connectivity index (χ2v) is 5.38. The lowest BCUT2D eigenvalue weighted by Crippen LogP contribution is -2.21. The molecule has 0 fully saturated rings. The van der Waals surface area contributed by atoms with Crippen molar-refractivity contribution in [2.75, 3.05) is 0 Å². The van der Waals surface area contributed by atoms with E-state index < -0.39 is 17.4 Å². The molecule has 2 aromatic rings. The number of benzene rings is 1. The molecule has 0 atom stereocenters. The Labute approximate surface area is 120 Å². The number of carboxylic acids is 1. The second-order valence-electron chi connectivity index (χ2n) is 5.38. The minimum Gasteiger partial charge on any atom is -0.476 e. The number of carboxylic acid groups (broad SMARTS) is 1. The van der Waals surface area contributed by atoms with Gasteiger partial charge in [-0.2, -0.15) is 0 Å². The average Bonchev–Trinajstić information content (AvgIpc) is 2.80. The predicted octanol–water partition coefficient (Wildman–Crippen LogP) is 1.94. The molecule has 0 aliphatic heterocycles. The van der Waals surface area contributed by atoms with Gasteiger partial charge in [0.2, 0.25) is 0 Å². The monoisotopic (exact) mass is 293 g/mol. The first-order valence-corrected chi connectivity index (χ1v) is 6.43. The number of halogens is 1. The minimum absolute atomic E-state index is 0.197. The summed E-state index contributed by atoms with van der Waals surface area (Å²) in [4.78, 5) is 11.2. The second kappa shape index (κ2) is 5.61. The Morgan fingerprint density at radius 1 is 1.33 bits per heavy atom. The maximum absolute atomic E-state index is 13.0. The van der Waals surface area contributed by atoms with Crippen molar-refractivity contribution in [1.29, 1.82) is 0 Å². The van der Waals surface area contributed by atoms with Crippen molar-refractivity contribution < 1.29 is 19.4 Å². The highest BCUT2D eigenvalue weighted by atomic mass is 19.1. The van der Waals surface area contributed by atoms with Crippen molar-refractivity contribution in [1.82, 2.24) is 15.0 Å². The van der Waals surface area contributed by atoms with E-state index in [9.17, 15) is 19.4 Å². The van der Waals surface area contributed by atoms with Gasteiger partial charge in [-0.1, -0.05) is 5.21 Å². The van der Waals surface area contributed by atoms with Gasteiger partial charge in [0.1, 0.15) is 11.5 Å². The number of rotatable bonds is 5. The molecule has 0 saturated heterocycles. The topological polar surface area (TPSA) is 88.2 Å². The molecular formula is C14H16FN3O3. The van der Waals surface area contributed by atoms with Gasteiger partial charge in [-0.05, 0) is 44.5 Å². The Bertz CT molecular complexity index is 644.